The van der Waals surface area contributed by atoms with Crippen LogP contribution in [0.15, 0.2) is 36.8 Å². The third-order valence-corrected chi connectivity index (χ3v) is 7.92. The number of fused-ring (bicyclic) bond motifs is 1. The van der Waals surface area contributed by atoms with Gasteiger partial charge in [-0.05, 0) is 67.0 Å². The van der Waals surface area contributed by atoms with Crippen molar-refractivity contribution in [2.24, 2.45) is 5.92 Å². The lowest BCUT2D eigenvalue weighted by molar-refractivity contribution is 0.0697. The van der Waals surface area contributed by atoms with E-state index >= 15 is 0 Å². The van der Waals surface area contributed by atoms with Gasteiger partial charge in [-0.15, -0.1) is 17.8 Å². The molecule has 0 bridgehead atoms. The smallest absolute Gasteiger partial charge is 0.208 e. The molecule has 34 heavy (non-hydrogen) atoms. The summed E-state index contributed by atoms with van der Waals surface area (Å²) in [5.41, 5.74) is 4.54. The topological polar surface area (TPSA) is 84.3 Å². The number of aryl methyl sites for hydroxylation is 1. The Bertz CT molecular complexity index is 1270. The van der Waals surface area contributed by atoms with Gasteiger partial charge in [-0.25, -0.2) is 9.97 Å². The first-order chi connectivity index (χ1) is 16.4. The van der Waals surface area contributed by atoms with Crippen molar-refractivity contribution in [3.8, 4) is 12.3 Å². The van der Waals surface area contributed by atoms with E-state index in [1.54, 1.807) is 6.20 Å². The molecular weight excluding hydrogens is 446 g/mol. The van der Waals surface area contributed by atoms with Gasteiger partial charge < -0.3 is 15.2 Å². The largest absolute Gasteiger partial charge is 0.393 e. The van der Waals surface area contributed by atoms with E-state index in [2.05, 4.69) is 27.3 Å². The van der Waals surface area contributed by atoms with Gasteiger partial charge >= 0.3 is 0 Å². The number of aliphatic hydroxyl groups excluding tert-OH is 1. The predicted octanol–water partition coefficient (Wildman–Crippen LogP) is 4.29. The number of aromatic nitrogens is 2. The van der Waals surface area contributed by atoms with Gasteiger partial charge in [0.25, 0.3) is 0 Å². The number of ether oxygens (including phenoxy) is 1. The summed E-state index contributed by atoms with van der Waals surface area (Å²) < 4.78 is 6.17. The summed E-state index contributed by atoms with van der Waals surface area (Å²) in [5, 5.41) is 13.5. The van der Waals surface area contributed by atoms with Crippen LogP contribution in [-0.2, 0) is 11.2 Å². The molecule has 0 spiro atoms. The van der Waals surface area contributed by atoms with Crippen molar-refractivity contribution in [1.82, 2.24) is 9.97 Å². The molecule has 3 heterocycles. The summed E-state index contributed by atoms with van der Waals surface area (Å²) in [6, 6.07) is 8.06. The number of nitrogens with one attached hydrogen (secondary N) is 1. The number of hydrogen-bond donors (Lipinski definition) is 2. The molecule has 0 amide bonds. The number of hydrogen-bond acceptors (Lipinski definition) is 7. The maximum absolute atomic E-state index is 13.5. The van der Waals surface area contributed by atoms with Gasteiger partial charge in [0.15, 0.2) is 0 Å². The van der Waals surface area contributed by atoms with Crippen LogP contribution in [-0.4, -0.2) is 39.6 Å². The van der Waals surface area contributed by atoms with E-state index in [9.17, 15) is 9.90 Å². The third-order valence-electron chi connectivity index (χ3n) is 6.85. The Balaban J connectivity index is 1.44. The lowest BCUT2D eigenvalue weighted by Gasteiger charge is -2.26. The molecule has 174 valence electrons. The van der Waals surface area contributed by atoms with Gasteiger partial charge in [-0.1, -0.05) is 18.9 Å². The number of anilines is 1. The highest BCUT2D eigenvalue weighted by Crippen LogP contribution is 2.39. The Labute approximate surface area is 203 Å². The van der Waals surface area contributed by atoms with Crippen molar-refractivity contribution < 1.29 is 14.6 Å². The zero-order valence-corrected chi connectivity index (χ0v) is 20.1. The number of ketones is 1. The van der Waals surface area contributed by atoms with E-state index in [0.29, 0.717) is 29.3 Å². The van der Waals surface area contributed by atoms with Crippen LogP contribution in [0.4, 0.5) is 5.82 Å². The second-order valence-electron chi connectivity index (χ2n) is 9.15. The normalized spacial score (nSPS) is 23.8. The van der Waals surface area contributed by atoms with Crippen LogP contribution in [0.25, 0.3) is 0 Å². The number of nitrogens with zero attached hydrogens (tertiary/aromatic N) is 2. The van der Waals surface area contributed by atoms with Gasteiger partial charge in [0.1, 0.15) is 18.2 Å². The molecule has 0 saturated heterocycles. The van der Waals surface area contributed by atoms with Crippen LogP contribution in [0.2, 0.25) is 0 Å². The molecule has 7 heteroatoms. The van der Waals surface area contributed by atoms with E-state index in [1.165, 1.54) is 23.2 Å². The first-order valence-electron chi connectivity index (χ1n) is 11.5. The average Bonchev–Trinajstić information content (AvgIpc) is 3.39. The zero-order valence-electron chi connectivity index (χ0n) is 19.2. The highest BCUT2D eigenvalue weighted by molar-refractivity contribution is 7.14. The first kappa shape index (κ1) is 22.7. The summed E-state index contributed by atoms with van der Waals surface area (Å²) in [4.78, 5) is 23.6. The Morgan fingerprint density at radius 1 is 1.29 bits per heavy atom. The highest BCUT2D eigenvalue weighted by atomic mass is 32.1. The molecule has 5 rings (SSSR count). The predicted molar refractivity (Wildman–Crippen MR) is 132 cm³/mol. The second-order valence-corrected chi connectivity index (χ2v) is 10.4. The van der Waals surface area contributed by atoms with Gasteiger partial charge in [0, 0.05) is 22.7 Å². The standard InChI is InChI=1S/C27H27N3O3S/c1-4-17-5-6-18-7-8-33-26(21(18)10-17)20-12-24(34-16(20)3)25(32)22-13-28-14-29-27(22)30-19-9-15(2)23(31)11-19/h1,5-6,10,12-15,19,23,26,31H,7-9,11H2,2-3H3,(H,28,29,30)/t15-,19-,23-,26+/m1/s1. The molecule has 1 saturated carbocycles. The summed E-state index contributed by atoms with van der Waals surface area (Å²) in [5.74, 6) is 3.31. The van der Waals surface area contributed by atoms with E-state index in [4.69, 9.17) is 11.2 Å². The molecule has 0 radical (unpaired) electrons. The average molecular weight is 474 g/mol. The van der Waals surface area contributed by atoms with Crippen LogP contribution in [0.1, 0.15) is 68.2 Å². The monoisotopic (exact) mass is 473 g/mol. The molecule has 6 nitrogen and oxygen atoms in total. The van der Waals surface area contributed by atoms with Crippen molar-refractivity contribution in [1.29, 1.82) is 0 Å². The van der Waals surface area contributed by atoms with Crippen LogP contribution in [0.5, 0.6) is 0 Å². The van der Waals surface area contributed by atoms with Crippen LogP contribution < -0.4 is 5.32 Å². The SMILES string of the molecule is C#Cc1ccc2c(c1)[C@H](c1cc(C(=O)c3cncnc3N[C@@H]3C[C@@H](C)[C@H](O)C3)sc1C)OCC2. The Morgan fingerprint density at radius 2 is 2.15 bits per heavy atom. The van der Waals surface area contributed by atoms with Gasteiger partial charge in [-0.3, -0.25) is 4.79 Å². The third kappa shape index (κ3) is 4.25. The molecular formula is C27H27N3O3S. The van der Waals surface area contributed by atoms with Crippen molar-refractivity contribution in [2.75, 3.05) is 11.9 Å². The second kappa shape index (κ2) is 9.30. The molecule has 4 atom stereocenters. The number of rotatable bonds is 5. The molecule has 0 unspecified atom stereocenters. The number of aliphatic hydroxyl groups is 1. The Kier molecular flexibility index (Phi) is 6.22. The van der Waals surface area contributed by atoms with E-state index in [1.807, 2.05) is 32.0 Å². The molecule has 1 aliphatic carbocycles. The fourth-order valence-corrected chi connectivity index (χ4v) is 5.94. The fraction of sp³-hybridized carbons (Fsp3) is 0.370. The van der Waals surface area contributed by atoms with Gasteiger partial charge in [0.2, 0.25) is 5.78 Å². The molecule has 1 aliphatic heterocycles. The Hall–Kier alpha value is -3.05. The Morgan fingerprint density at radius 3 is 2.91 bits per heavy atom. The molecule has 2 aliphatic rings. The first-order valence-corrected chi connectivity index (χ1v) is 12.4. The van der Waals surface area contributed by atoms with Crippen molar-refractivity contribution in [3.63, 3.8) is 0 Å². The number of carbonyl (C=O) groups excluding carboxylic acids is 1. The quantitative estimate of drug-likeness (QED) is 0.425. The highest BCUT2D eigenvalue weighted by Gasteiger charge is 2.31. The summed E-state index contributed by atoms with van der Waals surface area (Å²) in [6.07, 6.45) is 10.4. The summed E-state index contributed by atoms with van der Waals surface area (Å²) in [7, 11) is 0. The minimum absolute atomic E-state index is 0.0737. The van der Waals surface area contributed by atoms with E-state index in [-0.39, 0.29) is 30.0 Å². The van der Waals surface area contributed by atoms with Crippen LogP contribution in [0.3, 0.4) is 0 Å². The minimum atomic E-state index is -0.339. The minimum Gasteiger partial charge on any atom is -0.393 e. The molecule has 2 N–H and O–H groups in total. The number of carbonyl (C=O) groups is 1. The van der Waals surface area contributed by atoms with Crippen molar-refractivity contribution >= 4 is 22.9 Å². The van der Waals surface area contributed by atoms with Gasteiger partial charge in [0.05, 0.1) is 23.2 Å². The molecule has 1 aromatic carbocycles. The van der Waals surface area contributed by atoms with Crippen LogP contribution in [0, 0.1) is 25.2 Å². The van der Waals surface area contributed by atoms with E-state index in [0.717, 1.165) is 34.4 Å². The van der Waals surface area contributed by atoms with Crippen molar-refractivity contribution in [3.05, 3.63) is 74.4 Å². The van der Waals surface area contributed by atoms with E-state index < -0.39 is 0 Å². The number of thiophene rings is 1. The number of terminal acetylenes is 1. The molecule has 2 aromatic heterocycles. The lowest BCUT2D eigenvalue weighted by Crippen LogP contribution is -2.20. The zero-order chi connectivity index (χ0) is 23.8. The summed E-state index contributed by atoms with van der Waals surface area (Å²) >= 11 is 1.45. The number of benzene rings is 1. The summed E-state index contributed by atoms with van der Waals surface area (Å²) in [6.45, 7) is 4.67. The van der Waals surface area contributed by atoms with Gasteiger partial charge in [-0.2, -0.15) is 0 Å². The molecule has 1 fully saturated rings. The van der Waals surface area contributed by atoms with Crippen LogP contribution >= 0.6 is 11.3 Å². The maximum Gasteiger partial charge on any atom is 0.208 e. The lowest BCUT2D eigenvalue weighted by atomic mass is 9.91. The molecule has 3 aromatic rings. The fourth-order valence-electron chi connectivity index (χ4n) is 4.94. The van der Waals surface area contributed by atoms with Crippen molar-refractivity contribution in [2.45, 2.75) is 51.4 Å². The maximum atomic E-state index is 13.5.